The van der Waals surface area contributed by atoms with Crippen LogP contribution >= 0.6 is 0 Å². The predicted octanol–water partition coefficient (Wildman–Crippen LogP) is -0.551. The van der Waals surface area contributed by atoms with Crippen LogP contribution in [0.1, 0.15) is 13.8 Å². The molecule has 0 aliphatic carbocycles. The molecule has 0 spiro atoms. The summed E-state index contributed by atoms with van der Waals surface area (Å²) in [5.41, 5.74) is 0. The molecular formula is C6H11NO4. The SMILES string of the molecule is CCOC(=O)C(C)N=C=O.O. The molecule has 1 atom stereocenters. The van der Waals surface area contributed by atoms with Crippen LogP contribution in [-0.2, 0) is 14.3 Å². The van der Waals surface area contributed by atoms with Gasteiger partial charge in [0.25, 0.3) is 0 Å². The fourth-order valence-electron chi connectivity index (χ4n) is 0.395. The number of hydrogen-bond acceptors (Lipinski definition) is 4. The fourth-order valence-corrected chi connectivity index (χ4v) is 0.395. The molecule has 0 aliphatic rings. The van der Waals surface area contributed by atoms with Gasteiger partial charge in [0.15, 0.2) is 6.04 Å². The Labute approximate surface area is 64.4 Å². The summed E-state index contributed by atoms with van der Waals surface area (Å²) in [4.78, 5) is 23.4. The maximum atomic E-state index is 10.6. The third kappa shape index (κ3) is 5.26. The van der Waals surface area contributed by atoms with Crippen LogP contribution in [0.5, 0.6) is 0 Å². The summed E-state index contributed by atoms with van der Waals surface area (Å²) in [5, 5.41) is 0. The first-order valence-electron chi connectivity index (χ1n) is 2.96. The van der Waals surface area contributed by atoms with Crippen molar-refractivity contribution < 1.29 is 19.8 Å². The zero-order valence-corrected chi connectivity index (χ0v) is 6.46. The van der Waals surface area contributed by atoms with E-state index >= 15 is 0 Å². The summed E-state index contributed by atoms with van der Waals surface area (Å²) < 4.78 is 4.54. The molecule has 64 valence electrons. The lowest BCUT2D eigenvalue weighted by Crippen LogP contribution is -2.17. The quantitative estimate of drug-likeness (QED) is 0.316. The predicted molar refractivity (Wildman–Crippen MR) is 37.8 cm³/mol. The Morgan fingerprint density at radius 1 is 1.73 bits per heavy atom. The molecule has 0 aromatic rings. The Bertz CT molecular complexity index is 162. The maximum absolute atomic E-state index is 10.6. The smallest absolute Gasteiger partial charge is 0.331 e. The molecule has 0 saturated carbocycles. The maximum Gasteiger partial charge on any atom is 0.331 e. The average molecular weight is 161 g/mol. The van der Waals surface area contributed by atoms with Gasteiger partial charge in [-0.05, 0) is 13.8 Å². The second-order valence-corrected chi connectivity index (χ2v) is 1.65. The van der Waals surface area contributed by atoms with E-state index in [9.17, 15) is 9.59 Å². The molecule has 0 rings (SSSR count). The zero-order valence-electron chi connectivity index (χ0n) is 6.46. The van der Waals surface area contributed by atoms with E-state index in [1.807, 2.05) is 0 Å². The summed E-state index contributed by atoms with van der Waals surface area (Å²) in [5.74, 6) is -0.495. The summed E-state index contributed by atoms with van der Waals surface area (Å²) in [6.07, 6.45) is 1.28. The molecule has 0 radical (unpaired) electrons. The highest BCUT2D eigenvalue weighted by Crippen LogP contribution is 1.91. The molecule has 5 heteroatoms. The topological polar surface area (TPSA) is 87.2 Å². The molecule has 0 aromatic carbocycles. The molecule has 0 aliphatic heterocycles. The number of isocyanates is 1. The number of nitrogens with zero attached hydrogens (tertiary/aromatic N) is 1. The van der Waals surface area contributed by atoms with E-state index in [0.29, 0.717) is 6.61 Å². The van der Waals surface area contributed by atoms with Crippen molar-refractivity contribution in [2.45, 2.75) is 19.9 Å². The van der Waals surface area contributed by atoms with Crippen molar-refractivity contribution in [3.8, 4) is 0 Å². The average Bonchev–Trinajstić information content (AvgIpc) is 1.89. The van der Waals surface area contributed by atoms with Crippen LogP contribution in [-0.4, -0.2) is 30.2 Å². The zero-order chi connectivity index (χ0) is 7.98. The largest absolute Gasteiger partial charge is 0.464 e. The minimum Gasteiger partial charge on any atom is -0.464 e. The molecule has 0 heterocycles. The van der Waals surface area contributed by atoms with Crippen LogP contribution in [0.4, 0.5) is 0 Å². The van der Waals surface area contributed by atoms with Crippen molar-refractivity contribution in [2.24, 2.45) is 4.99 Å². The van der Waals surface area contributed by atoms with Gasteiger partial charge in [0, 0.05) is 0 Å². The highest BCUT2D eigenvalue weighted by Gasteiger charge is 2.10. The molecule has 11 heavy (non-hydrogen) atoms. The van der Waals surface area contributed by atoms with Crippen molar-refractivity contribution in [3.05, 3.63) is 0 Å². The molecule has 0 amide bonds. The summed E-state index contributed by atoms with van der Waals surface area (Å²) in [7, 11) is 0. The van der Waals surface area contributed by atoms with Gasteiger partial charge in [-0.2, -0.15) is 4.99 Å². The fraction of sp³-hybridized carbons (Fsp3) is 0.667. The van der Waals surface area contributed by atoms with Gasteiger partial charge >= 0.3 is 5.97 Å². The van der Waals surface area contributed by atoms with Gasteiger partial charge < -0.3 is 10.2 Å². The number of rotatable bonds is 3. The Balaban J connectivity index is 0. The lowest BCUT2D eigenvalue weighted by molar-refractivity contribution is -0.144. The minimum absolute atomic E-state index is 0. The van der Waals surface area contributed by atoms with Gasteiger partial charge in [-0.25, -0.2) is 9.59 Å². The first-order valence-corrected chi connectivity index (χ1v) is 2.96. The molecule has 2 N–H and O–H groups in total. The number of ether oxygens (including phenoxy) is 1. The Morgan fingerprint density at radius 2 is 2.27 bits per heavy atom. The molecule has 0 bridgehead atoms. The van der Waals surface area contributed by atoms with Crippen molar-refractivity contribution in [1.82, 2.24) is 0 Å². The number of aliphatic imine (C=N–C) groups is 1. The van der Waals surface area contributed by atoms with Gasteiger partial charge in [0.05, 0.1) is 6.61 Å². The van der Waals surface area contributed by atoms with Crippen LogP contribution in [0.25, 0.3) is 0 Å². The first-order chi connectivity index (χ1) is 4.72. The van der Waals surface area contributed by atoms with Crippen molar-refractivity contribution >= 4 is 12.0 Å². The van der Waals surface area contributed by atoms with E-state index < -0.39 is 12.0 Å². The van der Waals surface area contributed by atoms with E-state index in [2.05, 4.69) is 9.73 Å². The van der Waals surface area contributed by atoms with Gasteiger partial charge in [0.1, 0.15) is 0 Å². The third-order valence-electron chi connectivity index (χ3n) is 0.874. The molecule has 0 aromatic heterocycles. The van der Waals surface area contributed by atoms with E-state index in [1.54, 1.807) is 6.92 Å². The van der Waals surface area contributed by atoms with E-state index in [0.717, 1.165) is 0 Å². The summed E-state index contributed by atoms with van der Waals surface area (Å²) in [6, 6.07) is -0.725. The highest BCUT2D eigenvalue weighted by atomic mass is 16.5. The molecule has 0 fully saturated rings. The Hall–Kier alpha value is -1.19. The number of carbonyl (C=O) groups excluding carboxylic acids is 2. The normalized spacial score (nSPS) is 10.4. The van der Waals surface area contributed by atoms with Gasteiger partial charge in [0.2, 0.25) is 6.08 Å². The van der Waals surface area contributed by atoms with E-state index in [1.165, 1.54) is 13.0 Å². The van der Waals surface area contributed by atoms with Crippen LogP contribution in [0.15, 0.2) is 4.99 Å². The summed E-state index contributed by atoms with van der Waals surface area (Å²) in [6.45, 7) is 3.47. The number of esters is 1. The van der Waals surface area contributed by atoms with Crippen molar-refractivity contribution in [2.75, 3.05) is 6.61 Å². The molecule has 0 saturated heterocycles. The lowest BCUT2D eigenvalue weighted by atomic mass is 10.4. The molecule has 5 nitrogen and oxygen atoms in total. The number of hydrogen-bond donors (Lipinski definition) is 0. The minimum atomic E-state index is -0.725. The van der Waals surface area contributed by atoms with Gasteiger partial charge in [-0.15, -0.1) is 0 Å². The van der Waals surface area contributed by atoms with Gasteiger partial charge in [-0.1, -0.05) is 0 Å². The van der Waals surface area contributed by atoms with E-state index in [4.69, 9.17) is 0 Å². The third-order valence-corrected chi connectivity index (χ3v) is 0.874. The van der Waals surface area contributed by atoms with E-state index in [-0.39, 0.29) is 5.48 Å². The Morgan fingerprint density at radius 3 is 2.64 bits per heavy atom. The van der Waals surface area contributed by atoms with Crippen LogP contribution in [0, 0.1) is 0 Å². The van der Waals surface area contributed by atoms with Crippen LogP contribution in [0.2, 0.25) is 0 Å². The number of carbonyl (C=O) groups is 1. The van der Waals surface area contributed by atoms with Crippen molar-refractivity contribution in [3.63, 3.8) is 0 Å². The molecular weight excluding hydrogens is 150 g/mol. The standard InChI is InChI=1S/C6H9NO3.H2O/c1-3-10-6(9)5(2)7-4-8;/h5H,3H2,1-2H3;1H2. The second kappa shape index (κ2) is 6.92. The second-order valence-electron chi connectivity index (χ2n) is 1.65. The first kappa shape index (κ1) is 12.5. The van der Waals surface area contributed by atoms with Crippen LogP contribution in [0.3, 0.4) is 0 Å². The van der Waals surface area contributed by atoms with Gasteiger partial charge in [-0.3, -0.25) is 0 Å². The lowest BCUT2D eigenvalue weighted by Gasteiger charge is -2.01. The Kier molecular flexibility index (Phi) is 7.86. The molecule has 1 unspecified atom stereocenters. The monoisotopic (exact) mass is 161 g/mol. The summed E-state index contributed by atoms with van der Waals surface area (Å²) >= 11 is 0. The van der Waals surface area contributed by atoms with Crippen LogP contribution < -0.4 is 0 Å². The van der Waals surface area contributed by atoms with Crippen molar-refractivity contribution in [1.29, 1.82) is 0 Å². The highest BCUT2D eigenvalue weighted by molar-refractivity contribution is 5.76.